The molecule has 1 amide bonds. The first-order valence-corrected chi connectivity index (χ1v) is 10.6. The first-order valence-electron chi connectivity index (χ1n) is 9.12. The molecule has 8 heteroatoms. The van der Waals surface area contributed by atoms with Crippen LogP contribution in [0.25, 0.3) is 0 Å². The number of amides is 1. The first kappa shape index (κ1) is 17.9. The fourth-order valence-corrected chi connectivity index (χ4v) is 5.62. The lowest BCUT2D eigenvalue weighted by molar-refractivity contribution is -0.136. The molecule has 1 aromatic carbocycles. The summed E-state index contributed by atoms with van der Waals surface area (Å²) in [4.78, 5) is 14.9. The number of hydrogen-bond donors (Lipinski definition) is 0. The van der Waals surface area contributed by atoms with E-state index in [0.29, 0.717) is 63.9 Å². The highest BCUT2D eigenvalue weighted by Gasteiger charge is 2.34. The van der Waals surface area contributed by atoms with Crippen molar-refractivity contribution < 1.29 is 22.7 Å². The van der Waals surface area contributed by atoms with Gasteiger partial charge in [-0.3, -0.25) is 4.79 Å². The molecule has 3 heterocycles. The van der Waals surface area contributed by atoms with E-state index in [1.807, 2.05) is 11.0 Å². The summed E-state index contributed by atoms with van der Waals surface area (Å²) in [5, 5.41) is 0. The van der Waals surface area contributed by atoms with Gasteiger partial charge < -0.3 is 14.4 Å². The number of rotatable bonds is 3. The molecule has 0 aliphatic carbocycles. The molecule has 3 aliphatic rings. The zero-order valence-corrected chi connectivity index (χ0v) is 15.5. The van der Waals surface area contributed by atoms with Crippen LogP contribution >= 0.6 is 0 Å². The molecule has 0 spiro atoms. The van der Waals surface area contributed by atoms with Gasteiger partial charge in [0.2, 0.25) is 15.9 Å². The Hall–Kier alpha value is -1.48. The third kappa shape index (κ3) is 3.26. The van der Waals surface area contributed by atoms with Crippen LogP contribution in [-0.4, -0.2) is 69.6 Å². The van der Waals surface area contributed by atoms with Crippen LogP contribution in [0.15, 0.2) is 23.1 Å². The highest BCUT2D eigenvalue weighted by atomic mass is 32.2. The molecule has 1 aromatic rings. The Kier molecular flexibility index (Phi) is 5.00. The smallest absolute Gasteiger partial charge is 0.243 e. The first-order chi connectivity index (χ1) is 12.6. The minimum atomic E-state index is -3.53. The van der Waals surface area contributed by atoms with Gasteiger partial charge in [-0.05, 0) is 30.0 Å². The van der Waals surface area contributed by atoms with Gasteiger partial charge in [0.15, 0.2) is 0 Å². The predicted octanol–water partition coefficient (Wildman–Crippen LogP) is 0.629. The fraction of sp³-hybridized carbons (Fsp3) is 0.611. The second-order valence-electron chi connectivity index (χ2n) is 6.98. The SMILES string of the molecule is O=C([C@H]1CCOC1)N1CCc2c(cccc2S(=O)(=O)N2CCOCC2)C1. The third-order valence-electron chi connectivity index (χ3n) is 5.40. The van der Waals surface area contributed by atoms with E-state index >= 15 is 0 Å². The summed E-state index contributed by atoms with van der Waals surface area (Å²) in [6.45, 7) is 3.79. The normalized spacial score (nSPS) is 24.5. The van der Waals surface area contributed by atoms with Crippen LogP contribution in [-0.2, 0) is 37.3 Å². The maximum absolute atomic E-state index is 13.1. The van der Waals surface area contributed by atoms with E-state index in [9.17, 15) is 13.2 Å². The largest absolute Gasteiger partial charge is 0.381 e. The van der Waals surface area contributed by atoms with E-state index in [0.717, 1.165) is 17.5 Å². The average molecular weight is 380 g/mol. The summed E-state index contributed by atoms with van der Waals surface area (Å²) in [7, 11) is -3.53. The van der Waals surface area contributed by atoms with Crippen LogP contribution in [0.3, 0.4) is 0 Å². The summed E-state index contributed by atoms with van der Waals surface area (Å²) in [5.74, 6) is 0.0615. The second kappa shape index (κ2) is 7.26. The molecule has 0 radical (unpaired) electrons. The highest BCUT2D eigenvalue weighted by molar-refractivity contribution is 7.89. The Balaban J connectivity index is 1.58. The van der Waals surface area contributed by atoms with Crippen molar-refractivity contribution in [2.45, 2.75) is 24.3 Å². The van der Waals surface area contributed by atoms with Crippen molar-refractivity contribution >= 4 is 15.9 Å². The van der Waals surface area contributed by atoms with Gasteiger partial charge >= 0.3 is 0 Å². The molecule has 0 unspecified atom stereocenters. The van der Waals surface area contributed by atoms with Crippen molar-refractivity contribution in [1.29, 1.82) is 0 Å². The van der Waals surface area contributed by atoms with Crippen molar-refractivity contribution in [1.82, 2.24) is 9.21 Å². The van der Waals surface area contributed by atoms with Crippen molar-refractivity contribution in [3.8, 4) is 0 Å². The number of fused-ring (bicyclic) bond motifs is 1. The predicted molar refractivity (Wildman–Crippen MR) is 94.1 cm³/mol. The number of sulfonamides is 1. The van der Waals surface area contributed by atoms with Gasteiger partial charge in [0.05, 0.1) is 30.6 Å². The monoisotopic (exact) mass is 380 g/mol. The molecule has 0 aromatic heterocycles. The summed E-state index contributed by atoms with van der Waals surface area (Å²) in [5.41, 5.74) is 1.78. The number of morpholine rings is 1. The van der Waals surface area contributed by atoms with Gasteiger partial charge in [-0.15, -0.1) is 0 Å². The quantitative estimate of drug-likeness (QED) is 0.769. The van der Waals surface area contributed by atoms with Crippen molar-refractivity contribution in [3.63, 3.8) is 0 Å². The van der Waals surface area contributed by atoms with E-state index in [1.165, 1.54) is 4.31 Å². The van der Waals surface area contributed by atoms with Crippen LogP contribution in [0.5, 0.6) is 0 Å². The van der Waals surface area contributed by atoms with E-state index < -0.39 is 10.0 Å². The highest BCUT2D eigenvalue weighted by Crippen LogP contribution is 2.29. The standard InChI is InChI=1S/C18H24N2O5S/c21-18(15-5-9-25-13-15)19-6-4-16-14(12-19)2-1-3-17(16)26(22,23)20-7-10-24-11-8-20/h1-3,15H,4-13H2/t15-/m0/s1. The second-order valence-corrected chi connectivity index (χ2v) is 8.89. The zero-order valence-electron chi connectivity index (χ0n) is 14.7. The van der Waals surface area contributed by atoms with Gasteiger partial charge in [0, 0.05) is 32.8 Å². The van der Waals surface area contributed by atoms with E-state index in [2.05, 4.69) is 0 Å². The van der Waals surface area contributed by atoms with E-state index in [-0.39, 0.29) is 11.8 Å². The summed E-state index contributed by atoms with van der Waals surface area (Å²) in [6.07, 6.45) is 1.34. The van der Waals surface area contributed by atoms with Crippen LogP contribution in [0.1, 0.15) is 17.5 Å². The molecular formula is C18H24N2O5S. The third-order valence-corrected chi connectivity index (χ3v) is 7.38. The number of hydrogen-bond acceptors (Lipinski definition) is 5. The molecule has 1 atom stereocenters. The molecule has 2 fully saturated rings. The maximum Gasteiger partial charge on any atom is 0.243 e. The van der Waals surface area contributed by atoms with E-state index in [4.69, 9.17) is 9.47 Å². The molecule has 3 aliphatic heterocycles. The minimum absolute atomic E-state index is 0.0585. The van der Waals surface area contributed by atoms with Crippen molar-refractivity contribution in [2.24, 2.45) is 5.92 Å². The molecule has 4 rings (SSSR count). The molecule has 26 heavy (non-hydrogen) atoms. The Morgan fingerprint density at radius 3 is 2.62 bits per heavy atom. The van der Waals surface area contributed by atoms with Gasteiger partial charge in [-0.1, -0.05) is 12.1 Å². The summed E-state index contributed by atoms with van der Waals surface area (Å²) >= 11 is 0. The van der Waals surface area contributed by atoms with Crippen molar-refractivity contribution in [3.05, 3.63) is 29.3 Å². The zero-order chi connectivity index (χ0) is 18.1. The lowest BCUT2D eigenvalue weighted by atomic mass is 9.98. The Bertz CT molecular complexity index is 783. The average Bonchev–Trinajstić information content (AvgIpc) is 3.22. The topological polar surface area (TPSA) is 76.2 Å². The van der Waals surface area contributed by atoms with Gasteiger partial charge in [-0.2, -0.15) is 4.31 Å². The lowest BCUT2D eigenvalue weighted by Gasteiger charge is -2.33. The van der Waals surface area contributed by atoms with E-state index in [1.54, 1.807) is 12.1 Å². The number of carbonyl (C=O) groups excluding carboxylic acids is 1. The number of nitrogens with zero attached hydrogens (tertiary/aromatic N) is 2. The molecule has 0 saturated carbocycles. The van der Waals surface area contributed by atoms with Gasteiger partial charge in [0.25, 0.3) is 0 Å². The Morgan fingerprint density at radius 1 is 1.08 bits per heavy atom. The Morgan fingerprint density at radius 2 is 1.88 bits per heavy atom. The summed E-state index contributed by atoms with van der Waals surface area (Å²) in [6, 6.07) is 5.39. The molecule has 0 N–H and O–H groups in total. The number of carbonyl (C=O) groups is 1. The van der Waals surface area contributed by atoms with Crippen molar-refractivity contribution in [2.75, 3.05) is 46.1 Å². The Labute approximate surface area is 153 Å². The molecular weight excluding hydrogens is 356 g/mol. The van der Waals surface area contributed by atoms with Crippen LogP contribution in [0, 0.1) is 5.92 Å². The lowest BCUT2D eigenvalue weighted by Crippen LogP contribution is -2.42. The van der Waals surface area contributed by atoms with Gasteiger partial charge in [-0.25, -0.2) is 8.42 Å². The minimum Gasteiger partial charge on any atom is -0.381 e. The number of benzene rings is 1. The number of ether oxygens (including phenoxy) is 2. The molecule has 2 saturated heterocycles. The maximum atomic E-state index is 13.1. The van der Waals surface area contributed by atoms with Gasteiger partial charge in [0.1, 0.15) is 0 Å². The fourth-order valence-electron chi connectivity index (χ4n) is 3.92. The molecule has 0 bridgehead atoms. The van der Waals surface area contributed by atoms with Crippen LogP contribution < -0.4 is 0 Å². The molecule has 7 nitrogen and oxygen atoms in total. The van der Waals surface area contributed by atoms with Crippen LogP contribution in [0.2, 0.25) is 0 Å². The van der Waals surface area contributed by atoms with Crippen LogP contribution in [0.4, 0.5) is 0 Å². The summed E-state index contributed by atoms with van der Waals surface area (Å²) < 4.78 is 38.2. The molecule has 142 valence electrons.